The molecule has 0 saturated heterocycles. The van der Waals surface area contributed by atoms with Gasteiger partial charge in [0.1, 0.15) is 0 Å². The van der Waals surface area contributed by atoms with Gasteiger partial charge in [-0.2, -0.15) is 0 Å². The van der Waals surface area contributed by atoms with Crippen LogP contribution in [-0.2, 0) is 0 Å². The second-order valence-corrected chi connectivity index (χ2v) is 6.64. The minimum atomic E-state index is 0.819. The zero-order valence-electron chi connectivity index (χ0n) is 11.3. The summed E-state index contributed by atoms with van der Waals surface area (Å²) in [6.07, 6.45) is 8.92. The van der Waals surface area contributed by atoms with Gasteiger partial charge in [0.25, 0.3) is 0 Å². The van der Waals surface area contributed by atoms with E-state index in [1.54, 1.807) is 0 Å². The van der Waals surface area contributed by atoms with E-state index in [2.05, 4.69) is 27.4 Å². The highest BCUT2D eigenvalue weighted by molar-refractivity contribution is 5.04. The molecule has 0 heterocycles. The molecule has 0 bridgehead atoms. The summed E-state index contributed by atoms with van der Waals surface area (Å²) in [6, 6.07) is 0. The largest absolute Gasteiger partial charge is 0.0999 e. The van der Waals surface area contributed by atoms with Gasteiger partial charge in [-0.05, 0) is 49.4 Å². The molecular weight excluding hydrogens is 192 g/mol. The van der Waals surface area contributed by atoms with E-state index in [1.807, 2.05) is 0 Å². The summed E-state index contributed by atoms with van der Waals surface area (Å²) in [5.74, 6) is 4.66. The Hall–Kier alpha value is -0.260. The second kappa shape index (κ2) is 4.94. The van der Waals surface area contributed by atoms with Crippen molar-refractivity contribution in [3.63, 3.8) is 0 Å². The van der Waals surface area contributed by atoms with Crippen LogP contribution in [0.4, 0.5) is 0 Å². The second-order valence-electron chi connectivity index (χ2n) is 6.64. The Morgan fingerprint density at radius 3 is 2.12 bits per heavy atom. The zero-order chi connectivity index (χ0) is 11.7. The lowest BCUT2D eigenvalue weighted by Crippen LogP contribution is -2.36. The maximum Gasteiger partial charge on any atom is -0.0175 e. The molecule has 2 fully saturated rings. The van der Waals surface area contributed by atoms with E-state index in [0.717, 1.165) is 29.6 Å². The van der Waals surface area contributed by atoms with Gasteiger partial charge in [-0.1, -0.05) is 51.7 Å². The van der Waals surface area contributed by atoms with Crippen molar-refractivity contribution >= 4 is 0 Å². The van der Waals surface area contributed by atoms with Crippen molar-refractivity contribution in [3.8, 4) is 0 Å². The predicted octanol–water partition coefficient (Wildman–Crippen LogP) is 5.05. The highest BCUT2D eigenvalue weighted by atomic mass is 14.4. The molecule has 2 aliphatic carbocycles. The van der Waals surface area contributed by atoms with Crippen molar-refractivity contribution in [1.82, 2.24) is 0 Å². The first-order valence-corrected chi connectivity index (χ1v) is 7.25. The average molecular weight is 220 g/mol. The summed E-state index contributed by atoms with van der Waals surface area (Å²) in [4.78, 5) is 0. The molecule has 0 N–H and O–H groups in total. The smallest absolute Gasteiger partial charge is 0.0175 e. The van der Waals surface area contributed by atoms with Crippen molar-refractivity contribution in [2.75, 3.05) is 0 Å². The third kappa shape index (κ3) is 2.36. The molecule has 0 spiro atoms. The highest BCUT2D eigenvalue weighted by Crippen LogP contribution is 2.49. The van der Waals surface area contributed by atoms with Crippen LogP contribution < -0.4 is 0 Å². The van der Waals surface area contributed by atoms with Gasteiger partial charge in [0, 0.05) is 0 Å². The molecule has 0 aromatic carbocycles. The molecule has 2 rings (SSSR count). The molecule has 4 unspecified atom stereocenters. The zero-order valence-corrected chi connectivity index (χ0v) is 11.3. The van der Waals surface area contributed by atoms with Crippen molar-refractivity contribution in [3.05, 3.63) is 12.2 Å². The number of fused-ring (bicyclic) bond motifs is 1. The van der Waals surface area contributed by atoms with Gasteiger partial charge in [-0.3, -0.25) is 0 Å². The lowest BCUT2D eigenvalue weighted by molar-refractivity contribution is 0.0701. The van der Waals surface area contributed by atoms with Crippen LogP contribution in [0.2, 0.25) is 0 Å². The fourth-order valence-corrected chi connectivity index (χ4v) is 4.22. The first-order valence-electron chi connectivity index (χ1n) is 7.25. The van der Waals surface area contributed by atoms with Crippen molar-refractivity contribution < 1.29 is 0 Å². The lowest BCUT2D eigenvalue weighted by Gasteiger charge is -2.46. The standard InChI is InChI=1S/C16H28/c1-11(2)15-9-13-7-5-6-8-14(13)10-16(15)12(3)4/h12-16H,1,5-10H2,2-4H3. The molecule has 0 aromatic rings. The summed E-state index contributed by atoms with van der Waals surface area (Å²) in [6.45, 7) is 11.3. The van der Waals surface area contributed by atoms with Gasteiger partial charge >= 0.3 is 0 Å². The summed E-state index contributed by atoms with van der Waals surface area (Å²) >= 11 is 0. The van der Waals surface area contributed by atoms with Crippen LogP contribution in [-0.4, -0.2) is 0 Å². The van der Waals surface area contributed by atoms with Crippen molar-refractivity contribution in [2.24, 2.45) is 29.6 Å². The normalized spacial score (nSPS) is 39.5. The van der Waals surface area contributed by atoms with Crippen LogP contribution >= 0.6 is 0 Å². The Balaban J connectivity index is 2.10. The number of hydrogen-bond acceptors (Lipinski definition) is 0. The predicted molar refractivity (Wildman–Crippen MR) is 71.3 cm³/mol. The van der Waals surface area contributed by atoms with E-state index in [1.165, 1.54) is 44.1 Å². The highest BCUT2D eigenvalue weighted by Gasteiger charge is 2.39. The molecule has 92 valence electrons. The summed E-state index contributed by atoms with van der Waals surface area (Å²) < 4.78 is 0. The van der Waals surface area contributed by atoms with E-state index in [4.69, 9.17) is 0 Å². The summed E-state index contributed by atoms with van der Waals surface area (Å²) in [7, 11) is 0. The Kier molecular flexibility index (Phi) is 3.77. The Labute approximate surface area is 102 Å². The summed E-state index contributed by atoms with van der Waals surface area (Å²) in [5.41, 5.74) is 1.45. The molecule has 0 radical (unpaired) electrons. The molecule has 0 heteroatoms. The van der Waals surface area contributed by atoms with Crippen molar-refractivity contribution in [2.45, 2.75) is 59.3 Å². The first kappa shape index (κ1) is 12.2. The van der Waals surface area contributed by atoms with Gasteiger partial charge < -0.3 is 0 Å². The van der Waals surface area contributed by atoms with Crippen LogP contribution in [0.25, 0.3) is 0 Å². The molecule has 2 aliphatic rings. The maximum atomic E-state index is 4.25. The van der Waals surface area contributed by atoms with E-state index in [9.17, 15) is 0 Å². The fraction of sp³-hybridized carbons (Fsp3) is 0.875. The minimum absolute atomic E-state index is 0.819. The van der Waals surface area contributed by atoms with Gasteiger partial charge in [0.05, 0.1) is 0 Å². The SMILES string of the molecule is C=C(C)C1CC2CCCCC2CC1C(C)C. The molecule has 0 aliphatic heterocycles. The molecule has 0 amide bonds. The van der Waals surface area contributed by atoms with Gasteiger partial charge in [0.2, 0.25) is 0 Å². The molecular formula is C16H28. The van der Waals surface area contributed by atoms with Crippen LogP contribution in [0.15, 0.2) is 12.2 Å². The van der Waals surface area contributed by atoms with Crippen LogP contribution in [0.5, 0.6) is 0 Å². The van der Waals surface area contributed by atoms with E-state index < -0.39 is 0 Å². The third-order valence-corrected chi connectivity index (χ3v) is 5.20. The topological polar surface area (TPSA) is 0 Å². The molecule has 4 atom stereocenters. The van der Waals surface area contributed by atoms with Crippen LogP contribution in [0.1, 0.15) is 59.3 Å². The molecule has 2 saturated carbocycles. The Morgan fingerprint density at radius 1 is 1.06 bits per heavy atom. The number of hydrogen-bond donors (Lipinski definition) is 0. The summed E-state index contributed by atoms with van der Waals surface area (Å²) in [5, 5.41) is 0. The fourth-order valence-electron chi connectivity index (χ4n) is 4.22. The number of allylic oxidation sites excluding steroid dienone is 1. The van der Waals surface area contributed by atoms with Gasteiger partial charge in [-0.15, -0.1) is 0 Å². The first-order chi connectivity index (χ1) is 7.59. The van der Waals surface area contributed by atoms with Crippen LogP contribution in [0.3, 0.4) is 0 Å². The Morgan fingerprint density at radius 2 is 1.62 bits per heavy atom. The van der Waals surface area contributed by atoms with E-state index in [0.29, 0.717) is 0 Å². The van der Waals surface area contributed by atoms with E-state index >= 15 is 0 Å². The number of rotatable bonds is 2. The van der Waals surface area contributed by atoms with Crippen molar-refractivity contribution in [1.29, 1.82) is 0 Å². The van der Waals surface area contributed by atoms with E-state index in [-0.39, 0.29) is 0 Å². The van der Waals surface area contributed by atoms with Gasteiger partial charge in [0.15, 0.2) is 0 Å². The Bertz CT molecular complexity index is 251. The average Bonchev–Trinajstić information content (AvgIpc) is 2.27. The molecule has 0 aromatic heterocycles. The monoisotopic (exact) mass is 220 g/mol. The minimum Gasteiger partial charge on any atom is -0.0999 e. The quantitative estimate of drug-likeness (QED) is 0.571. The third-order valence-electron chi connectivity index (χ3n) is 5.20. The van der Waals surface area contributed by atoms with Crippen LogP contribution in [0, 0.1) is 29.6 Å². The van der Waals surface area contributed by atoms with Gasteiger partial charge in [-0.25, -0.2) is 0 Å². The lowest BCUT2D eigenvalue weighted by atomic mass is 9.60. The maximum absolute atomic E-state index is 4.25. The molecule has 0 nitrogen and oxygen atoms in total. The molecule has 16 heavy (non-hydrogen) atoms.